The smallest absolute Gasteiger partial charge is 0.244 e. The Morgan fingerprint density at radius 2 is 1.84 bits per heavy atom. The van der Waals surface area contributed by atoms with Crippen molar-refractivity contribution in [3.8, 4) is 0 Å². The molecule has 0 unspecified atom stereocenters. The minimum atomic E-state index is -0.154. The molecule has 0 saturated carbocycles. The first-order valence-electron chi connectivity index (χ1n) is 8.14. The molecule has 0 radical (unpaired) electrons. The largest absolute Gasteiger partial charge is 0.348 e. The van der Waals surface area contributed by atoms with Gasteiger partial charge in [-0.2, -0.15) is 0 Å². The zero-order valence-electron chi connectivity index (χ0n) is 14.1. The van der Waals surface area contributed by atoms with E-state index in [1.165, 1.54) is 11.6 Å². The predicted octanol–water partition coefficient (Wildman–Crippen LogP) is 2.96. The molecule has 1 N–H and O–H groups in total. The number of nitrogens with zero attached hydrogens (tertiary/aromatic N) is 3. The zero-order chi connectivity index (χ0) is 17.5. The van der Waals surface area contributed by atoms with Gasteiger partial charge in [-0.3, -0.25) is 4.79 Å². The molecule has 0 spiro atoms. The highest BCUT2D eigenvalue weighted by Gasteiger charge is 2.01. The molecule has 3 aromatic rings. The second-order valence-electron chi connectivity index (χ2n) is 5.86. The topological polar surface area (TPSA) is 59.8 Å². The summed E-state index contributed by atoms with van der Waals surface area (Å²) in [6.07, 6.45) is 4.96. The average Bonchev–Trinajstić information content (AvgIpc) is 3.08. The first kappa shape index (κ1) is 16.6. The van der Waals surface area contributed by atoms with Gasteiger partial charge in [-0.15, -0.1) is 5.10 Å². The Morgan fingerprint density at radius 3 is 2.60 bits per heavy atom. The molecule has 0 bridgehead atoms. The Kier molecular flexibility index (Phi) is 5.36. The molecule has 25 heavy (non-hydrogen) atoms. The van der Waals surface area contributed by atoms with E-state index in [4.69, 9.17) is 0 Å². The summed E-state index contributed by atoms with van der Waals surface area (Å²) in [7, 11) is 0. The van der Waals surface area contributed by atoms with E-state index in [1.807, 2.05) is 67.7 Å². The molecule has 0 aliphatic rings. The summed E-state index contributed by atoms with van der Waals surface area (Å²) in [5.41, 5.74) is 4.08. The number of carbonyl (C=O) groups excluding carboxylic acids is 1. The second-order valence-corrected chi connectivity index (χ2v) is 5.86. The molecule has 1 aromatic heterocycles. The lowest BCUT2D eigenvalue weighted by Crippen LogP contribution is -2.20. The lowest BCUT2D eigenvalue weighted by Gasteiger charge is -2.02. The number of carbonyl (C=O) groups is 1. The molecule has 2 aromatic carbocycles. The summed E-state index contributed by atoms with van der Waals surface area (Å²) >= 11 is 0. The van der Waals surface area contributed by atoms with Crippen molar-refractivity contribution in [1.82, 2.24) is 20.3 Å². The number of aromatic nitrogens is 3. The van der Waals surface area contributed by atoms with Crippen LogP contribution >= 0.6 is 0 Å². The highest BCUT2D eigenvalue weighted by atomic mass is 16.1. The van der Waals surface area contributed by atoms with Crippen LogP contribution in [0.5, 0.6) is 0 Å². The standard InChI is InChI=1S/C20H20N4O/c1-16-7-9-17(10-8-16)13-21-20(25)12-11-19-15-24(23-22-19)14-18-5-3-2-4-6-18/h2-12,15H,13-14H2,1H3,(H,21,25)/b12-11+. The van der Waals surface area contributed by atoms with Crippen molar-refractivity contribution in [1.29, 1.82) is 0 Å². The van der Waals surface area contributed by atoms with Crippen LogP contribution in [0, 0.1) is 6.92 Å². The number of aryl methyl sites for hydroxylation is 1. The molecule has 5 nitrogen and oxygen atoms in total. The van der Waals surface area contributed by atoms with Gasteiger partial charge in [-0.25, -0.2) is 4.68 Å². The fraction of sp³-hybridized carbons (Fsp3) is 0.150. The van der Waals surface area contributed by atoms with Crippen LogP contribution in [-0.4, -0.2) is 20.9 Å². The monoisotopic (exact) mass is 332 g/mol. The average molecular weight is 332 g/mol. The molecule has 126 valence electrons. The van der Waals surface area contributed by atoms with Crippen LogP contribution in [-0.2, 0) is 17.9 Å². The Hall–Kier alpha value is -3.21. The molecule has 0 aliphatic carbocycles. The third-order valence-corrected chi connectivity index (χ3v) is 3.74. The number of rotatable bonds is 6. The minimum absolute atomic E-state index is 0.154. The first-order valence-corrected chi connectivity index (χ1v) is 8.14. The van der Waals surface area contributed by atoms with Gasteiger partial charge in [-0.1, -0.05) is 65.4 Å². The number of benzene rings is 2. The van der Waals surface area contributed by atoms with E-state index in [1.54, 1.807) is 10.8 Å². The molecule has 0 fully saturated rings. The molecule has 0 saturated heterocycles. The quantitative estimate of drug-likeness (QED) is 0.706. The summed E-state index contributed by atoms with van der Waals surface area (Å²) in [4.78, 5) is 11.9. The summed E-state index contributed by atoms with van der Waals surface area (Å²) in [6.45, 7) is 3.20. The van der Waals surface area contributed by atoms with Gasteiger partial charge < -0.3 is 5.32 Å². The normalized spacial score (nSPS) is 10.9. The third kappa shape index (κ3) is 5.14. The van der Waals surface area contributed by atoms with Gasteiger partial charge in [0.25, 0.3) is 0 Å². The van der Waals surface area contributed by atoms with E-state index < -0.39 is 0 Å². The molecule has 1 heterocycles. The van der Waals surface area contributed by atoms with E-state index >= 15 is 0 Å². The molecule has 3 rings (SSSR count). The predicted molar refractivity (Wildman–Crippen MR) is 97.6 cm³/mol. The van der Waals surface area contributed by atoms with Crippen molar-refractivity contribution >= 4 is 12.0 Å². The molecule has 0 aliphatic heterocycles. The third-order valence-electron chi connectivity index (χ3n) is 3.74. The molecule has 5 heteroatoms. The fourth-order valence-corrected chi connectivity index (χ4v) is 2.35. The van der Waals surface area contributed by atoms with Gasteiger partial charge >= 0.3 is 0 Å². The van der Waals surface area contributed by atoms with E-state index in [0.29, 0.717) is 18.8 Å². The maximum atomic E-state index is 11.9. The van der Waals surface area contributed by atoms with Gasteiger partial charge in [0.15, 0.2) is 0 Å². The highest BCUT2D eigenvalue weighted by molar-refractivity contribution is 5.91. The van der Waals surface area contributed by atoms with Gasteiger partial charge in [0.2, 0.25) is 5.91 Å². The summed E-state index contributed by atoms with van der Waals surface area (Å²) in [5.74, 6) is -0.154. The van der Waals surface area contributed by atoms with Crippen LogP contribution < -0.4 is 5.32 Å². The highest BCUT2D eigenvalue weighted by Crippen LogP contribution is 2.04. The SMILES string of the molecule is Cc1ccc(CNC(=O)/C=C/c2cn(Cc3ccccc3)nn2)cc1. The van der Waals surface area contributed by atoms with Crippen molar-refractivity contribution in [2.75, 3.05) is 0 Å². The van der Waals surface area contributed by atoms with Crippen molar-refractivity contribution in [3.63, 3.8) is 0 Å². The molecular formula is C20H20N4O. The van der Waals surface area contributed by atoms with Crippen LogP contribution in [0.2, 0.25) is 0 Å². The van der Waals surface area contributed by atoms with Crippen LogP contribution in [0.25, 0.3) is 6.08 Å². The van der Waals surface area contributed by atoms with Crippen LogP contribution in [0.4, 0.5) is 0 Å². The Labute approximate surface area is 147 Å². The number of nitrogens with one attached hydrogen (secondary N) is 1. The summed E-state index contributed by atoms with van der Waals surface area (Å²) in [6, 6.07) is 18.1. The second kappa shape index (κ2) is 8.06. The fourth-order valence-electron chi connectivity index (χ4n) is 2.35. The van der Waals surface area contributed by atoms with Crippen LogP contribution in [0.15, 0.2) is 66.9 Å². The van der Waals surface area contributed by atoms with E-state index in [9.17, 15) is 4.79 Å². The summed E-state index contributed by atoms with van der Waals surface area (Å²) < 4.78 is 1.75. The Balaban J connectivity index is 1.51. The first-order chi connectivity index (χ1) is 12.2. The number of hydrogen-bond acceptors (Lipinski definition) is 3. The lowest BCUT2D eigenvalue weighted by atomic mass is 10.1. The van der Waals surface area contributed by atoms with Crippen LogP contribution in [0.3, 0.4) is 0 Å². The van der Waals surface area contributed by atoms with Crippen molar-refractivity contribution < 1.29 is 4.79 Å². The van der Waals surface area contributed by atoms with Gasteiger partial charge in [0, 0.05) is 12.6 Å². The van der Waals surface area contributed by atoms with Crippen molar-refractivity contribution in [2.24, 2.45) is 0 Å². The maximum absolute atomic E-state index is 11.9. The maximum Gasteiger partial charge on any atom is 0.244 e. The van der Waals surface area contributed by atoms with Gasteiger partial charge in [-0.05, 0) is 24.1 Å². The lowest BCUT2D eigenvalue weighted by molar-refractivity contribution is -0.116. The molecule has 0 atom stereocenters. The molecular weight excluding hydrogens is 312 g/mol. The van der Waals surface area contributed by atoms with E-state index in [0.717, 1.165) is 11.1 Å². The zero-order valence-corrected chi connectivity index (χ0v) is 14.1. The van der Waals surface area contributed by atoms with Gasteiger partial charge in [0.1, 0.15) is 5.69 Å². The van der Waals surface area contributed by atoms with Crippen molar-refractivity contribution in [2.45, 2.75) is 20.0 Å². The molecule has 1 amide bonds. The van der Waals surface area contributed by atoms with Crippen molar-refractivity contribution in [3.05, 3.63) is 89.3 Å². The minimum Gasteiger partial charge on any atom is -0.348 e. The Bertz CT molecular complexity index is 851. The van der Waals surface area contributed by atoms with E-state index in [2.05, 4.69) is 15.6 Å². The Morgan fingerprint density at radius 1 is 1.08 bits per heavy atom. The van der Waals surface area contributed by atoms with Gasteiger partial charge in [0.05, 0.1) is 12.7 Å². The summed E-state index contributed by atoms with van der Waals surface area (Å²) in [5, 5.41) is 11.0. The van der Waals surface area contributed by atoms with Crippen LogP contribution in [0.1, 0.15) is 22.4 Å². The number of amides is 1. The number of hydrogen-bond donors (Lipinski definition) is 1. The van der Waals surface area contributed by atoms with E-state index in [-0.39, 0.29) is 5.91 Å².